The zero-order chi connectivity index (χ0) is 9.68. The van der Waals surface area contributed by atoms with Gasteiger partial charge in [-0.3, -0.25) is 4.79 Å². The van der Waals surface area contributed by atoms with Crippen molar-refractivity contribution in [3.05, 3.63) is 0 Å². The van der Waals surface area contributed by atoms with Gasteiger partial charge in [-0.05, 0) is 25.7 Å². The van der Waals surface area contributed by atoms with Crippen LogP contribution >= 0.6 is 0 Å². The van der Waals surface area contributed by atoms with E-state index in [2.05, 4.69) is 12.2 Å². The lowest BCUT2D eigenvalue weighted by Crippen LogP contribution is -2.47. The van der Waals surface area contributed by atoms with Gasteiger partial charge >= 0.3 is 5.97 Å². The van der Waals surface area contributed by atoms with Gasteiger partial charge in [-0.15, -0.1) is 0 Å². The van der Waals surface area contributed by atoms with Gasteiger partial charge in [0.25, 0.3) is 0 Å². The molecule has 2 atom stereocenters. The molecule has 0 aromatic rings. The molecule has 0 aromatic carbocycles. The Kier molecular flexibility index (Phi) is 4.22. The molecule has 0 aromatic heterocycles. The molecule has 1 saturated heterocycles. The summed E-state index contributed by atoms with van der Waals surface area (Å²) in [6, 6.07) is 0.457. The van der Waals surface area contributed by atoms with Crippen molar-refractivity contribution in [3.63, 3.8) is 0 Å². The van der Waals surface area contributed by atoms with Gasteiger partial charge in [0.05, 0.1) is 7.11 Å². The van der Waals surface area contributed by atoms with E-state index < -0.39 is 0 Å². The van der Waals surface area contributed by atoms with Crippen LogP contribution in [0.2, 0.25) is 0 Å². The van der Waals surface area contributed by atoms with Gasteiger partial charge in [-0.1, -0.05) is 13.3 Å². The topological polar surface area (TPSA) is 38.3 Å². The number of rotatable bonds is 3. The van der Waals surface area contributed by atoms with Crippen LogP contribution in [-0.4, -0.2) is 25.2 Å². The Morgan fingerprint density at radius 2 is 2.31 bits per heavy atom. The van der Waals surface area contributed by atoms with E-state index in [1.165, 1.54) is 20.0 Å². The second kappa shape index (κ2) is 5.22. The largest absolute Gasteiger partial charge is 0.468 e. The molecular formula is C10H19NO2. The molecule has 1 aliphatic heterocycles. The number of methoxy groups -OCH3 is 1. The summed E-state index contributed by atoms with van der Waals surface area (Å²) in [5.74, 6) is -0.110. The number of carbonyl (C=O) groups is 1. The molecule has 3 heteroatoms. The van der Waals surface area contributed by atoms with Crippen LogP contribution in [-0.2, 0) is 9.53 Å². The van der Waals surface area contributed by atoms with Crippen LogP contribution in [0, 0.1) is 0 Å². The summed E-state index contributed by atoms with van der Waals surface area (Å²) in [6.45, 7) is 2.17. The molecular weight excluding hydrogens is 166 g/mol. The van der Waals surface area contributed by atoms with E-state index in [1.807, 2.05) is 0 Å². The Hall–Kier alpha value is -0.570. The quantitative estimate of drug-likeness (QED) is 0.677. The minimum Gasteiger partial charge on any atom is -0.468 e. The van der Waals surface area contributed by atoms with Crippen molar-refractivity contribution in [2.45, 2.75) is 51.1 Å². The summed E-state index contributed by atoms with van der Waals surface area (Å²) in [6.07, 6.45) is 5.59. The zero-order valence-electron chi connectivity index (χ0n) is 8.51. The number of piperidine rings is 1. The maximum absolute atomic E-state index is 11.2. The van der Waals surface area contributed by atoms with Gasteiger partial charge < -0.3 is 10.1 Å². The van der Waals surface area contributed by atoms with E-state index in [4.69, 9.17) is 4.74 Å². The molecule has 0 saturated carbocycles. The van der Waals surface area contributed by atoms with Crippen molar-refractivity contribution in [2.24, 2.45) is 0 Å². The molecule has 0 bridgehead atoms. The highest BCUT2D eigenvalue weighted by atomic mass is 16.5. The number of hydrogen-bond acceptors (Lipinski definition) is 3. The molecule has 3 nitrogen and oxygen atoms in total. The number of ether oxygens (including phenoxy) is 1. The highest BCUT2D eigenvalue weighted by Gasteiger charge is 2.26. The van der Waals surface area contributed by atoms with Gasteiger partial charge in [0.1, 0.15) is 6.04 Å². The van der Waals surface area contributed by atoms with Crippen LogP contribution in [0.4, 0.5) is 0 Å². The molecule has 1 fully saturated rings. The standard InChI is InChI=1S/C10H19NO2/c1-3-5-8-6-4-7-9(11-8)10(12)13-2/h8-9,11H,3-7H2,1-2H3. The van der Waals surface area contributed by atoms with E-state index in [9.17, 15) is 4.79 Å². The summed E-state index contributed by atoms with van der Waals surface area (Å²) in [5.41, 5.74) is 0. The van der Waals surface area contributed by atoms with Crippen LogP contribution in [0.3, 0.4) is 0 Å². The van der Waals surface area contributed by atoms with Crippen molar-refractivity contribution in [3.8, 4) is 0 Å². The molecule has 2 unspecified atom stereocenters. The Bertz CT molecular complexity index is 168. The van der Waals surface area contributed by atoms with Gasteiger partial charge in [-0.25, -0.2) is 0 Å². The van der Waals surface area contributed by atoms with Crippen molar-refractivity contribution >= 4 is 5.97 Å². The van der Waals surface area contributed by atoms with Crippen LogP contribution < -0.4 is 5.32 Å². The molecule has 1 rings (SSSR count). The van der Waals surface area contributed by atoms with Crippen molar-refractivity contribution in [2.75, 3.05) is 7.11 Å². The fourth-order valence-electron chi connectivity index (χ4n) is 1.92. The Morgan fingerprint density at radius 1 is 1.54 bits per heavy atom. The van der Waals surface area contributed by atoms with E-state index >= 15 is 0 Å². The second-order valence-electron chi connectivity index (χ2n) is 3.66. The first kappa shape index (κ1) is 10.5. The van der Waals surface area contributed by atoms with Crippen LogP contribution in [0.25, 0.3) is 0 Å². The van der Waals surface area contributed by atoms with E-state index in [0.717, 1.165) is 19.3 Å². The number of carbonyl (C=O) groups excluding carboxylic acids is 1. The first-order valence-corrected chi connectivity index (χ1v) is 5.11. The van der Waals surface area contributed by atoms with Gasteiger partial charge in [0.15, 0.2) is 0 Å². The number of hydrogen-bond donors (Lipinski definition) is 1. The van der Waals surface area contributed by atoms with Crippen LogP contribution in [0.5, 0.6) is 0 Å². The summed E-state index contributed by atoms with van der Waals surface area (Å²) in [4.78, 5) is 11.2. The molecule has 0 aliphatic carbocycles. The maximum atomic E-state index is 11.2. The highest BCUT2D eigenvalue weighted by molar-refractivity contribution is 5.75. The van der Waals surface area contributed by atoms with E-state index in [0.29, 0.717) is 6.04 Å². The lowest BCUT2D eigenvalue weighted by molar-refractivity contribution is -0.144. The third kappa shape index (κ3) is 2.99. The molecule has 76 valence electrons. The Morgan fingerprint density at radius 3 is 2.92 bits per heavy atom. The summed E-state index contributed by atoms with van der Waals surface area (Å²) in [5, 5.41) is 3.33. The van der Waals surface area contributed by atoms with Gasteiger partial charge in [0, 0.05) is 6.04 Å². The van der Waals surface area contributed by atoms with Gasteiger partial charge in [-0.2, -0.15) is 0 Å². The SMILES string of the molecule is CCCC1CCCC(C(=O)OC)N1. The molecule has 1 heterocycles. The normalized spacial score (nSPS) is 28.5. The van der Waals surface area contributed by atoms with E-state index in [1.54, 1.807) is 0 Å². The number of nitrogens with one attached hydrogen (secondary N) is 1. The highest BCUT2D eigenvalue weighted by Crippen LogP contribution is 2.16. The molecule has 13 heavy (non-hydrogen) atoms. The second-order valence-corrected chi connectivity index (χ2v) is 3.66. The fraction of sp³-hybridized carbons (Fsp3) is 0.900. The summed E-state index contributed by atoms with van der Waals surface area (Å²) < 4.78 is 4.71. The molecule has 1 N–H and O–H groups in total. The van der Waals surface area contributed by atoms with Crippen molar-refractivity contribution < 1.29 is 9.53 Å². The van der Waals surface area contributed by atoms with E-state index in [-0.39, 0.29) is 12.0 Å². The monoisotopic (exact) mass is 185 g/mol. The predicted octanol–water partition coefficient (Wildman–Crippen LogP) is 1.47. The first-order valence-electron chi connectivity index (χ1n) is 5.11. The van der Waals surface area contributed by atoms with Crippen LogP contribution in [0.15, 0.2) is 0 Å². The van der Waals surface area contributed by atoms with Crippen molar-refractivity contribution in [1.82, 2.24) is 5.32 Å². The summed E-state index contributed by atoms with van der Waals surface area (Å²) >= 11 is 0. The fourth-order valence-corrected chi connectivity index (χ4v) is 1.92. The maximum Gasteiger partial charge on any atom is 0.322 e. The van der Waals surface area contributed by atoms with Crippen molar-refractivity contribution in [1.29, 1.82) is 0 Å². The minimum absolute atomic E-state index is 0.0599. The minimum atomic E-state index is -0.110. The third-order valence-electron chi connectivity index (χ3n) is 2.61. The Balaban J connectivity index is 2.37. The average molecular weight is 185 g/mol. The number of esters is 1. The smallest absolute Gasteiger partial charge is 0.322 e. The predicted molar refractivity (Wildman–Crippen MR) is 51.5 cm³/mol. The molecule has 0 spiro atoms. The molecule has 1 aliphatic rings. The zero-order valence-corrected chi connectivity index (χ0v) is 8.51. The average Bonchev–Trinajstić information content (AvgIpc) is 2.18. The molecule has 0 radical (unpaired) electrons. The van der Waals surface area contributed by atoms with Gasteiger partial charge in [0.2, 0.25) is 0 Å². The lowest BCUT2D eigenvalue weighted by Gasteiger charge is -2.29. The first-order chi connectivity index (χ1) is 6.27. The summed E-state index contributed by atoms with van der Waals surface area (Å²) in [7, 11) is 1.45. The lowest BCUT2D eigenvalue weighted by atomic mass is 9.96. The molecule has 0 amide bonds. The third-order valence-corrected chi connectivity index (χ3v) is 2.61. The Labute approximate surface area is 79.8 Å². The van der Waals surface area contributed by atoms with Crippen LogP contribution in [0.1, 0.15) is 39.0 Å².